The van der Waals surface area contributed by atoms with Crippen molar-refractivity contribution in [3.63, 3.8) is 0 Å². The van der Waals surface area contributed by atoms with Crippen LogP contribution in [0, 0.1) is 0 Å². The zero-order chi connectivity index (χ0) is 11.7. The Morgan fingerprint density at radius 2 is 2.12 bits per heavy atom. The van der Waals surface area contributed by atoms with Crippen LogP contribution in [0.25, 0.3) is 10.9 Å². The Morgan fingerprint density at radius 1 is 1.38 bits per heavy atom. The molecule has 3 heteroatoms. The fourth-order valence-corrected chi connectivity index (χ4v) is 1.67. The Morgan fingerprint density at radius 3 is 2.75 bits per heavy atom. The smallest absolute Gasteiger partial charge is 0.175 e. The van der Waals surface area contributed by atoms with Gasteiger partial charge in [0.15, 0.2) is 5.78 Å². The SMILES string of the molecule is CC(=O)c1cc2c(OC(C)C)cccc2[nH]1. The van der Waals surface area contributed by atoms with E-state index in [1.165, 1.54) is 0 Å². The number of hydrogen-bond donors (Lipinski definition) is 1. The Bertz CT molecular complexity index is 526. The molecule has 1 aromatic carbocycles. The second-order valence-electron chi connectivity index (χ2n) is 4.12. The molecule has 0 spiro atoms. The molecule has 0 amide bonds. The molecule has 1 heterocycles. The first-order chi connectivity index (χ1) is 7.58. The minimum absolute atomic E-state index is 0.0340. The van der Waals surface area contributed by atoms with Crippen LogP contribution < -0.4 is 4.74 Å². The normalized spacial score (nSPS) is 11.0. The summed E-state index contributed by atoms with van der Waals surface area (Å²) in [7, 11) is 0. The predicted octanol–water partition coefficient (Wildman–Crippen LogP) is 3.16. The van der Waals surface area contributed by atoms with Crippen molar-refractivity contribution in [2.75, 3.05) is 0 Å². The van der Waals surface area contributed by atoms with Gasteiger partial charge in [-0.2, -0.15) is 0 Å². The number of Topliss-reactive ketones (excluding diaryl/α,β-unsaturated/α-hetero) is 1. The number of nitrogens with one attached hydrogen (secondary N) is 1. The average molecular weight is 217 g/mol. The first-order valence-electron chi connectivity index (χ1n) is 5.37. The zero-order valence-corrected chi connectivity index (χ0v) is 9.70. The van der Waals surface area contributed by atoms with E-state index in [1.807, 2.05) is 38.1 Å². The molecule has 0 fully saturated rings. The van der Waals surface area contributed by atoms with Gasteiger partial charge in [-0.25, -0.2) is 0 Å². The summed E-state index contributed by atoms with van der Waals surface area (Å²) in [6, 6.07) is 7.62. The van der Waals surface area contributed by atoms with Gasteiger partial charge >= 0.3 is 0 Å². The van der Waals surface area contributed by atoms with Crippen molar-refractivity contribution in [2.45, 2.75) is 26.9 Å². The summed E-state index contributed by atoms with van der Waals surface area (Å²) in [5.74, 6) is 0.850. The van der Waals surface area contributed by atoms with Crippen molar-refractivity contribution in [2.24, 2.45) is 0 Å². The first kappa shape index (κ1) is 10.7. The molecule has 0 radical (unpaired) electrons. The van der Waals surface area contributed by atoms with Crippen molar-refractivity contribution in [3.05, 3.63) is 30.0 Å². The molecule has 1 aromatic heterocycles. The standard InChI is InChI=1S/C13H15NO2/c1-8(2)16-13-6-4-5-11-10(13)7-12(14-11)9(3)15/h4-8,14H,1-3H3. The Labute approximate surface area is 94.4 Å². The van der Waals surface area contributed by atoms with Crippen LogP contribution in [-0.4, -0.2) is 16.9 Å². The molecule has 16 heavy (non-hydrogen) atoms. The van der Waals surface area contributed by atoms with E-state index in [-0.39, 0.29) is 11.9 Å². The molecule has 0 atom stereocenters. The highest BCUT2D eigenvalue weighted by atomic mass is 16.5. The van der Waals surface area contributed by atoms with Crippen LogP contribution in [0.1, 0.15) is 31.3 Å². The molecule has 0 unspecified atom stereocenters. The van der Waals surface area contributed by atoms with Crippen LogP contribution in [0.3, 0.4) is 0 Å². The third kappa shape index (κ3) is 1.94. The van der Waals surface area contributed by atoms with Gasteiger partial charge in [0.1, 0.15) is 5.75 Å². The zero-order valence-electron chi connectivity index (χ0n) is 9.70. The lowest BCUT2D eigenvalue weighted by molar-refractivity contribution is 0.101. The van der Waals surface area contributed by atoms with Gasteiger partial charge in [-0.1, -0.05) is 6.07 Å². The number of ether oxygens (including phenoxy) is 1. The molecule has 0 bridgehead atoms. The maximum atomic E-state index is 11.3. The van der Waals surface area contributed by atoms with Crippen molar-refractivity contribution >= 4 is 16.7 Å². The second kappa shape index (κ2) is 4.00. The molecular weight excluding hydrogens is 202 g/mol. The van der Waals surface area contributed by atoms with Crippen LogP contribution in [-0.2, 0) is 0 Å². The van der Waals surface area contributed by atoms with E-state index < -0.39 is 0 Å². The number of benzene rings is 1. The number of aromatic nitrogens is 1. The van der Waals surface area contributed by atoms with Gasteiger partial charge in [0, 0.05) is 17.8 Å². The fourth-order valence-electron chi connectivity index (χ4n) is 1.67. The predicted molar refractivity (Wildman–Crippen MR) is 64.1 cm³/mol. The lowest BCUT2D eigenvalue weighted by atomic mass is 10.2. The summed E-state index contributed by atoms with van der Waals surface area (Å²) in [5, 5.41) is 0.960. The molecular formula is C13H15NO2. The topological polar surface area (TPSA) is 42.1 Å². The van der Waals surface area contributed by atoms with E-state index in [4.69, 9.17) is 4.74 Å². The Balaban J connectivity index is 2.54. The van der Waals surface area contributed by atoms with Crippen molar-refractivity contribution in [1.82, 2.24) is 4.98 Å². The molecule has 0 saturated heterocycles. The van der Waals surface area contributed by atoms with Crippen LogP contribution >= 0.6 is 0 Å². The average Bonchev–Trinajstić information content (AvgIpc) is 2.61. The number of H-pyrrole nitrogens is 1. The minimum atomic E-state index is 0.0340. The highest BCUT2D eigenvalue weighted by Gasteiger charge is 2.09. The van der Waals surface area contributed by atoms with Crippen molar-refractivity contribution in [1.29, 1.82) is 0 Å². The number of fused-ring (bicyclic) bond motifs is 1. The number of hydrogen-bond acceptors (Lipinski definition) is 2. The van der Waals surface area contributed by atoms with Crippen LogP contribution in [0.15, 0.2) is 24.3 Å². The van der Waals surface area contributed by atoms with E-state index in [0.29, 0.717) is 5.69 Å². The van der Waals surface area contributed by atoms with Crippen LogP contribution in [0.2, 0.25) is 0 Å². The minimum Gasteiger partial charge on any atom is -0.490 e. The highest BCUT2D eigenvalue weighted by molar-refractivity contribution is 5.99. The maximum Gasteiger partial charge on any atom is 0.175 e. The van der Waals surface area contributed by atoms with E-state index in [0.717, 1.165) is 16.7 Å². The van der Waals surface area contributed by atoms with E-state index in [1.54, 1.807) is 6.92 Å². The summed E-state index contributed by atoms with van der Waals surface area (Å²) < 4.78 is 5.69. The third-order valence-corrected chi connectivity index (χ3v) is 2.37. The third-order valence-electron chi connectivity index (χ3n) is 2.37. The molecule has 2 aromatic rings. The Kier molecular flexibility index (Phi) is 2.69. The van der Waals surface area contributed by atoms with E-state index in [9.17, 15) is 4.79 Å². The van der Waals surface area contributed by atoms with Crippen LogP contribution in [0.4, 0.5) is 0 Å². The quantitative estimate of drug-likeness (QED) is 0.802. The molecule has 3 nitrogen and oxygen atoms in total. The fraction of sp³-hybridized carbons (Fsp3) is 0.308. The molecule has 0 aliphatic rings. The van der Waals surface area contributed by atoms with Gasteiger partial charge in [-0.3, -0.25) is 4.79 Å². The number of aromatic amines is 1. The number of ketones is 1. The van der Waals surface area contributed by atoms with Gasteiger partial charge in [-0.05, 0) is 32.0 Å². The maximum absolute atomic E-state index is 11.3. The van der Waals surface area contributed by atoms with Gasteiger partial charge in [-0.15, -0.1) is 0 Å². The summed E-state index contributed by atoms with van der Waals surface area (Å²) in [6.07, 6.45) is 0.126. The number of rotatable bonds is 3. The van der Waals surface area contributed by atoms with E-state index >= 15 is 0 Å². The molecule has 0 aliphatic heterocycles. The molecule has 0 aliphatic carbocycles. The van der Waals surface area contributed by atoms with Gasteiger partial charge < -0.3 is 9.72 Å². The monoisotopic (exact) mass is 217 g/mol. The Hall–Kier alpha value is -1.77. The van der Waals surface area contributed by atoms with Gasteiger partial charge in [0.05, 0.1) is 11.8 Å². The summed E-state index contributed by atoms with van der Waals surface area (Å²) in [5.41, 5.74) is 1.55. The second-order valence-corrected chi connectivity index (χ2v) is 4.12. The van der Waals surface area contributed by atoms with Crippen LogP contribution in [0.5, 0.6) is 5.75 Å². The van der Waals surface area contributed by atoms with Gasteiger partial charge in [0.25, 0.3) is 0 Å². The summed E-state index contributed by atoms with van der Waals surface area (Å²) in [4.78, 5) is 14.4. The molecule has 1 N–H and O–H groups in total. The van der Waals surface area contributed by atoms with Crippen molar-refractivity contribution in [3.8, 4) is 5.75 Å². The summed E-state index contributed by atoms with van der Waals surface area (Å²) >= 11 is 0. The van der Waals surface area contributed by atoms with Crippen molar-refractivity contribution < 1.29 is 9.53 Å². The highest BCUT2D eigenvalue weighted by Crippen LogP contribution is 2.27. The molecule has 84 valence electrons. The summed E-state index contributed by atoms with van der Waals surface area (Å²) in [6.45, 7) is 5.52. The lowest BCUT2D eigenvalue weighted by Crippen LogP contribution is -2.05. The lowest BCUT2D eigenvalue weighted by Gasteiger charge is -2.10. The largest absolute Gasteiger partial charge is 0.490 e. The van der Waals surface area contributed by atoms with E-state index in [2.05, 4.69) is 4.98 Å². The first-order valence-corrected chi connectivity index (χ1v) is 5.37. The number of carbonyl (C=O) groups is 1. The molecule has 2 rings (SSSR count). The number of carbonyl (C=O) groups excluding carboxylic acids is 1. The van der Waals surface area contributed by atoms with Gasteiger partial charge in [0.2, 0.25) is 0 Å². The molecule has 0 saturated carbocycles.